The molecule has 1 atom stereocenters. The van der Waals surface area contributed by atoms with Gasteiger partial charge in [-0.1, -0.05) is 12.8 Å². The molecule has 0 radical (unpaired) electrons. The fraction of sp³-hybridized carbons (Fsp3) is 0.929. The summed E-state index contributed by atoms with van der Waals surface area (Å²) in [5.41, 5.74) is -0.187. The van der Waals surface area contributed by atoms with E-state index in [2.05, 4.69) is 5.32 Å². The molecule has 0 bridgehead atoms. The van der Waals surface area contributed by atoms with E-state index in [0.717, 1.165) is 39.1 Å². The van der Waals surface area contributed by atoms with E-state index < -0.39 is 0 Å². The SMILES string of the molecule is O=C1N(CCC2CCCCO2)CNC12CCCC2. The quantitative estimate of drug-likeness (QED) is 0.830. The van der Waals surface area contributed by atoms with Gasteiger partial charge in [-0.05, 0) is 38.5 Å². The van der Waals surface area contributed by atoms with Crippen LogP contribution in [0.15, 0.2) is 0 Å². The fourth-order valence-electron chi connectivity index (χ4n) is 3.58. The second-order valence-corrected chi connectivity index (χ2v) is 5.97. The highest BCUT2D eigenvalue weighted by Crippen LogP contribution is 2.34. The van der Waals surface area contributed by atoms with Crippen LogP contribution in [0.4, 0.5) is 0 Å². The van der Waals surface area contributed by atoms with Gasteiger partial charge in [-0.15, -0.1) is 0 Å². The van der Waals surface area contributed by atoms with E-state index in [1.54, 1.807) is 0 Å². The van der Waals surface area contributed by atoms with E-state index in [4.69, 9.17) is 4.74 Å². The third kappa shape index (κ3) is 2.28. The van der Waals surface area contributed by atoms with Crippen LogP contribution >= 0.6 is 0 Å². The summed E-state index contributed by atoms with van der Waals surface area (Å²) in [4.78, 5) is 14.4. The first kappa shape index (κ1) is 12.4. The van der Waals surface area contributed by atoms with Crippen molar-refractivity contribution >= 4 is 5.91 Å². The largest absolute Gasteiger partial charge is 0.378 e. The van der Waals surface area contributed by atoms with Gasteiger partial charge in [0, 0.05) is 13.2 Å². The summed E-state index contributed by atoms with van der Waals surface area (Å²) in [5, 5.41) is 3.46. The first-order valence-electron chi connectivity index (χ1n) is 7.46. The minimum Gasteiger partial charge on any atom is -0.378 e. The molecule has 1 amide bonds. The molecule has 1 unspecified atom stereocenters. The van der Waals surface area contributed by atoms with Crippen LogP contribution in [0.3, 0.4) is 0 Å². The van der Waals surface area contributed by atoms with Gasteiger partial charge in [-0.2, -0.15) is 0 Å². The highest BCUT2D eigenvalue weighted by molar-refractivity contribution is 5.88. The van der Waals surface area contributed by atoms with Crippen molar-refractivity contribution in [2.24, 2.45) is 0 Å². The lowest BCUT2D eigenvalue weighted by atomic mass is 9.98. The molecular formula is C14H24N2O2. The molecule has 3 aliphatic rings. The highest BCUT2D eigenvalue weighted by atomic mass is 16.5. The Kier molecular flexibility index (Phi) is 3.57. The maximum absolute atomic E-state index is 12.4. The van der Waals surface area contributed by atoms with Crippen molar-refractivity contribution in [1.29, 1.82) is 0 Å². The van der Waals surface area contributed by atoms with Crippen LogP contribution in [0.2, 0.25) is 0 Å². The molecule has 2 heterocycles. The van der Waals surface area contributed by atoms with E-state index in [1.165, 1.54) is 32.1 Å². The molecule has 1 spiro atoms. The minimum absolute atomic E-state index is 0.187. The maximum atomic E-state index is 12.4. The monoisotopic (exact) mass is 252 g/mol. The molecule has 1 N–H and O–H groups in total. The zero-order valence-electron chi connectivity index (χ0n) is 11.1. The molecule has 3 fully saturated rings. The molecule has 3 rings (SSSR count). The summed E-state index contributed by atoms with van der Waals surface area (Å²) in [6.07, 6.45) is 9.47. The summed E-state index contributed by atoms with van der Waals surface area (Å²) >= 11 is 0. The van der Waals surface area contributed by atoms with Gasteiger partial charge in [0.05, 0.1) is 18.3 Å². The number of nitrogens with zero attached hydrogens (tertiary/aromatic N) is 1. The molecule has 1 aliphatic carbocycles. The van der Waals surface area contributed by atoms with Crippen LogP contribution in [-0.2, 0) is 9.53 Å². The van der Waals surface area contributed by atoms with Crippen molar-refractivity contribution in [2.45, 2.75) is 63.0 Å². The Hall–Kier alpha value is -0.610. The first-order chi connectivity index (χ1) is 8.80. The number of ether oxygens (including phenoxy) is 1. The number of nitrogens with one attached hydrogen (secondary N) is 1. The Morgan fingerprint density at radius 3 is 2.83 bits per heavy atom. The molecular weight excluding hydrogens is 228 g/mol. The molecule has 0 aromatic rings. The topological polar surface area (TPSA) is 41.6 Å². The predicted octanol–water partition coefficient (Wildman–Crippen LogP) is 1.65. The number of carbonyl (C=O) groups excluding carboxylic acids is 1. The van der Waals surface area contributed by atoms with Crippen LogP contribution in [0.25, 0.3) is 0 Å². The van der Waals surface area contributed by atoms with Crippen LogP contribution in [-0.4, -0.2) is 42.3 Å². The molecule has 0 aromatic carbocycles. The molecule has 102 valence electrons. The van der Waals surface area contributed by atoms with Crippen molar-refractivity contribution in [3.8, 4) is 0 Å². The van der Waals surface area contributed by atoms with Gasteiger partial charge in [-0.3, -0.25) is 10.1 Å². The summed E-state index contributed by atoms with van der Waals surface area (Å²) in [6, 6.07) is 0. The van der Waals surface area contributed by atoms with Gasteiger partial charge in [0.2, 0.25) is 5.91 Å². The van der Waals surface area contributed by atoms with Gasteiger partial charge >= 0.3 is 0 Å². The third-order valence-corrected chi connectivity index (χ3v) is 4.76. The average molecular weight is 252 g/mol. The summed E-state index contributed by atoms with van der Waals surface area (Å²) in [7, 11) is 0. The van der Waals surface area contributed by atoms with Gasteiger partial charge in [-0.25, -0.2) is 0 Å². The van der Waals surface area contributed by atoms with Crippen LogP contribution < -0.4 is 5.32 Å². The number of amides is 1. The van der Waals surface area contributed by atoms with Crippen molar-refractivity contribution in [2.75, 3.05) is 19.8 Å². The van der Waals surface area contributed by atoms with Crippen molar-refractivity contribution < 1.29 is 9.53 Å². The second kappa shape index (κ2) is 5.17. The van der Waals surface area contributed by atoms with E-state index in [9.17, 15) is 4.79 Å². The van der Waals surface area contributed by atoms with Crippen LogP contribution in [0.5, 0.6) is 0 Å². The molecule has 18 heavy (non-hydrogen) atoms. The second-order valence-electron chi connectivity index (χ2n) is 5.97. The summed E-state index contributed by atoms with van der Waals surface area (Å²) in [6.45, 7) is 2.50. The third-order valence-electron chi connectivity index (χ3n) is 4.76. The van der Waals surface area contributed by atoms with Crippen molar-refractivity contribution in [3.05, 3.63) is 0 Å². The molecule has 2 saturated heterocycles. The standard InChI is InChI=1S/C14H24N2O2/c17-13-14(7-2-3-8-14)15-11-16(13)9-6-12-5-1-4-10-18-12/h12,15H,1-11H2. The highest BCUT2D eigenvalue weighted by Gasteiger charge is 2.47. The number of rotatable bonds is 3. The van der Waals surface area contributed by atoms with Gasteiger partial charge in [0.25, 0.3) is 0 Å². The van der Waals surface area contributed by atoms with E-state index in [-0.39, 0.29) is 5.54 Å². The number of hydrogen-bond donors (Lipinski definition) is 1. The Labute approximate surface area is 109 Å². The summed E-state index contributed by atoms with van der Waals surface area (Å²) in [5.74, 6) is 0.343. The molecule has 1 saturated carbocycles. The zero-order valence-corrected chi connectivity index (χ0v) is 11.1. The average Bonchev–Trinajstić information content (AvgIpc) is 3.00. The molecule has 4 heteroatoms. The van der Waals surface area contributed by atoms with Crippen LogP contribution in [0.1, 0.15) is 51.4 Å². The predicted molar refractivity (Wildman–Crippen MR) is 69.1 cm³/mol. The number of carbonyl (C=O) groups is 1. The lowest BCUT2D eigenvalue weighted by Gasteiger charge is -2.25. The minimum atomic E-state index is -0.187. The Morgan fingerprint density at radius 2 is 2.11 bits per heavy atom. The van der Waals surface area contributed by atoms with Crippen molar-refractivity contribution in [1.82, 2.24) is 10.2 Å². The number of hydrogen-bond acceptors (Lipinski definition) is 3. The maximum Gasteiger partial charge on any atom is 0.243 e. The fourth-order valence-corrected chi connectivity index (χ4v) is 3.58. The molecule has 0 aromatic heterocycles. The smallest absolute Gasteiger partial charge is 0.243 e. The lowest BCUT2D eigenvalue weighted by Crippen LogP contribution is -2.44. The normalized spacial score (nSPS) is 31.4. The van der Waals surface area contributed by atoms with E-state index in [1.807, 2.05) is 4.90 Å². The van der Waals surface area contributed by atoms with E-state index in [0.29, 0.717) is 12.0 Å². The van der Waals surface area contributed by atoms with Gasteiger partial charge < -0.3 is 9.64 Å². The summed E-state index contributed by atoms with van der Waals surface area (Å²) < 4.78 is 5.73. The molecule has 4 nitrogen and oxygen atoms in total. The van der Waals surface area contributed by atoms with Gasteiger partial charge in [0.15, 0.2) is 0 Å². The lowest BCUT2D eigenvalue weighted by molar-refractivity contribution is -0.132. The Balaban J connectivity index is 1.50. The van der Waals surface area contributed by atoms with E-state index >= 15 is 0 Å². The van der Waals surface area contributed by atoms with Gasteiger partial charge in [0.1, 0.15) is 0 Å². The first-order valence-corrected chi connectivity index (χ1v) is 7.46. The Bertz CT molecular complexity index is 307. The molecule has 2 aliphatic heterocycles. The van der Waals surface area contributed by atoms with Crippen LogP contribution in [0, 0.1) is 0 Å². The van der Waals surface area contributed by atoms with Crippen molar-refractivity contribution in [3.63, 3.8) is 0 Å². The zero-order chi connectivity index (χ0) is 12.4. The Morgan fingerprint density at radius 1 is 1.28 bits per heavy atom.